The molecule has 3 rings (SSSR count). The van der Waals surface area contributed by atoms with Crippen LogP contribution in [0.25, 0.3) is 11.3 Å². The summed E-state index contributed by atoms with van der Waals surface area (Å²) in [5.41, 5.74) is 1.19. The number of hydrogen-bond acceptors (Lipinski definition) is 3. The molecule has 24 heavy (non-hydrogen) atoms. The average Bonchev–Trinajstić information content (AvgIpc) is 3.14. The average molecular weight is 392 g/mol. The number of H-pyrrole nitrogens is 1. The lowest BCUT2D eigenvalue weighted by atomic mass is 9.93. The van der Waals surface area contributed by atoms with Crippen molar-refractivity contribution in [2.45, 2.75) is 37.6 Å². The Morgan fingerprint density at radius 1 is 1.25 bits per heavy atom. The van der Waals surface area contributed by atoms with Crippen molar-refractivity contribution in [1.82, 2.24) is 15.5 Å². The topological polar surface area (TPSA) is 95.1 Å². The summed E-state index contributed by atoms with van der Waals surface area (Å²) in [4.78, 5) is 23.8. The van der Waals surface area contributed by atoms with E-state index in [1.165, 1.54) is 0 Å². The molecular formula is C17H18BrN3O3. The van der Waals surface area contributed by atoms with Crippen molar-refractivity contribution >= 4 is 27.8 Å². The maximum atomic E-state index is 12.6. The van der Waals surface area contributed by atoms with Gasteiger partial charge in [-0.15, -0.1) is 0 Å². The fraction of sp³-hybridized carbons (Fsp3) is 0.353. The molecular weight excluding hydrogens is 374 g/mol. The lowest BCUT2D eigenvalue weighted by Crippen LogP contribution is -2.48. The van der Waals surface area contributed by atoms with Crippen LogP contribution in [0.4, 0.5) is 0 Å². The van der Waals surface area contributed by atoms with E-state index in [4.69, 9.17) is 5.11 Å². The lowest BCUT2D eigenvalue weighted by Gasteiger charge is -2.28. The summed E-state index contributed by atoms with van der Waals surface area (Å²) >= 11 is 3.44. The van der Waals surface area contributed by atoms with E-state index in [1.807, 2.05) is 30.3 Å². The Hall–Kier alpha value is -2.15. The highest BCUT2D eigenvalue weighted by Gasteiger charge is 2.38. The van der Waals surface area contributed by atoms with Crippen LogP contribution in [0, 0.1) is 0 Å². The Morgan fingerprint density at radius 2 is 1.92 bits per heavy atom. The zero-order chi connectivity index (χ0) is 17.2. The number of carbonyl (C=O) groups is 2. The van der Waals surface area contributed by atoms with Gasteiger partial charge in [0.05, 0.1) is 16.4 Å². The number of rotatable bonds is 5. The molecule has 3 N–H and O–H groups in total. The summed E-state index contributed by atoms with van der Waals surface area (Å²) in [6.45, 7) is 0. The minimum absolute atomic E-state index is 0.0595. The molecule has 1 amide bonds. The van der Waals surface area contributed by atoms with Gasteiger partial charge in [-0.3, -0.25) is 14.7 Å². The molecule has 0 spiro atoms. The molecule has 0 unspecified atom stereocenters. The number of aromatic amines is 1. The Kier molecular flexibility index (Phi) is 4.71. The molecule has 0 saturated heterocycles. The van der Waals surface area contributed by atoms with Gasteiger partial charge < -0.3 is 10.4 Å². The molecule has 1 saturated carbocycles. The summed E-state index contributed by atoms with van der Waals surface area (Å²) in [5, 5.41) is 19.1. The first-order chi connectivity index (χ1) is 11.5. The second kappa shape index (κ2) is 6.76. The van der Waals surface area contributed by atoms with Crippen LogP contribution in [0.15, 0.2) is 34.8 Å². The van der Waals surface area contributed by atoms with E-state index in [0.717, 1.165) is 18.4 Å². The van der Waals surface area contributed by atoms with Crippen molar-refractivity contribution in [3.63, 3.8) is 0 Å². The quantitative estimate of drug-likeness (QED) is 0.727. The van der Waals surface area contributed by atoms with Gasteiger partial charge in [0.25, 0.3) is 5.91 Å². The molecule has 1 aliphatic carbocycles. The van der Waals surface area contributed by atoms with E-state index in [0.29, 0.717) is 28.7 Å². The highest BCUT2D eigenvalue weighted by atomic mass is 79.9. The molecule has 0 atom stereocenters. The summed E-state index contributed by atoms with van der Waals surface area (Å²) in [6, 6.07) is 9.53. The van der Waals surface area contributed by atoms with Gasteiger partial charge in [-0.05, 0) is 28.8 Å². The van der Waals surface area contributed by atoms with E-state index >= 15 is 0 Å². The van der Waals surface area contributed by atoms with Crippen molar-refractivity contribution in [1.29, 1.82) is 0 Å². The van der Waals surface area contributed by atoms with Crippen molar-refractivity contribution in [3.05, 3.63) is 40.5 Å². The molecule has 6 nitrogen and oxygen atoms in total. The van der Waals surface area contributed by atoms with Gasteiger partial charge in [0.15, 0.2) is 0 Å². The molecule has 1 aromatic carbocycles. The highest BCUT2D eigenvalue weighted by molar-refractivity contribution is 9.10. The standard InChI is InChI=1S/C17H18BrN3O3/c18-13-14(11-6-2-1-3-7-11)20-21-15(13)16(24)19-17(10-12(22)23)8-4-5-9-17/h1-3,6-7H,4-5,8-10H2,(H,19,24)(H,20,21)(H,22,23). The first-order valence-electron chi connectivity index (χ1n) is 7.84. The number of carboxylic acids is 1. The molecule has 126 valence electrons. The van der Waals surface area contributed by atoms with E-state index in [2.05, 4.69) is 31.4 Å². The number of nitrogens with zero attached hydrogens (tertiary/aromatic N) is 1. The van der Waals surface area contributed by atoms with Crippen LogP contribution in [-0.4, -0.2) is 32.7 Å². The summed E-state index contributed by atoms with van der Waals surface area (Å²) < 4.78 is 0.578. The second-order valence-electron chi connectivity index (χ2n) is 6.14. The Balaban J connectivity index is 1.83. The Morgan fingerprint density at radius 3 is 2.54 bits per heavy atom. The normalized spacial score (nSPS) is 16.0. The number of benzene rings is 1. The molecule has 0 bridgehead atoms. The third kappa shape index (κ3) is 3.36. The van der Waals surface area contributed by atoms with Crippen LogP contribution < -0.4 is 5.32 Å². The Labute approximate surface area is 147 Å². The number of nitrogens with one attached hydrogen (secondary N) is 2. The van der Waals surface area contributed by atoms with Gasteiger partial charge in [0, 0.05) is 5.56 Å². The van der Waals surface area contributed by atoms with Crippen LogP contribution in [0.3, 0.4) is 0 Å². The van der Waals surface area contributed by atoms with Crippen LogP contribution in [0.1, 0.15) is 42.6 Å². The van der Waals surface area contributed by atoms with Gasteiger partial charge in [0.2, 0.25) is 0 Å². The van der Waals surface area contributed by atoms with Crippen molar-refractivity contribution in [2.24, 2.45) is 0 Å². The molecule has 1 aliphatic rings. The minimum Gasteiger partial charge on any atom is -0.481 e. The minimum atomic E-state index is -0.897. The molecule has 7 heteroatoms. The predicted molar refractivity (Wildman–Crippen MR) is 92.6 cm³/mol. The van der Waals surface area contributed by atoms with Crippen LogP contribution in [-0.2, 0) is 4.79 Å². The van der Waals surface area contributed by atoms with Crippen LogP contribution in [0.2, 0.25) is 0 Å². The third-order valence-corrected chi connectivity index (χ3v) is 5.18. The zero-order valence-electron chi connectivity index (χ0n) is 13.0. The van der Waals surface area contributed by atoms with Crippen molar-refractivity contribution < 1.29 is 14.7 Å². The van der Waals surface area contributed by atoms with Gasteiger partial charge in [-0.1, -0.05) is 43.2 Å². The first kappa shape index (κ1) is 16.7. The van der Waals surface area contributed by atoms with Crippen LogP contribution >= 0.6 is 15.9 Å². The largest absolute Gasteiger partial charge is 0.481 e. The fourth-order valence-electron chi connectivity index (χ4n) is 3.26. The van der Waals surface area contributed by atoms with Crippen LogP contribution in [0.5, 0.6) is 0 Å². The monoisotopic (exact) mass is 391 g/mol. The summed E-state index contributed by atoms with van der Waals surface area (Å²) in [6.07, 6.45) is 3.15. The second-order valence-corrected chi connectivity index (χ2v) is 6.93. The SMILES string of the molecule is O=C(O)CC1(NC(=O)c2[nH]nc(-c3ccccc3)c2Br)CCCC1. The Bertz CT molecular complexity index is 752. The van der Waals surface area contributed by atoms with Gasteiger partial charge >= 0.3 is 5.97 Å². The van der Waals surface area contributed by atoms with Gasteiger partial charge in [0.1, 0.15) is 11.4 Å². The van der Waals surface area contributed by atoms with E-state index in [1.54, 1.807) is 0 Å². The first-order valence-corrected chi connectivity index (χ1v) is 8.64. The van der Waals surface area contributed by atoms with E-state index < -0.39 is 11.5 Å². The number of aliphatic carboxylic acids is 1. The highest BCUT2D eigenvalue weighted by Crippen LogP contribution is 2.34. The number of aromatic nitrogens is 2. The molecule has 1 fully saturated rings. The van der Waals surface area contributed by atoms with E-state index in [9.17, 15) is 9.59 Å². The summed E-state index contributed by atoms with van der Waals surface area (Å²) in [5.74, 6) is -1.23. The number of carbonyl (C=O) groups excluding carboxylic acids is 1. The smallest absolute Gasteiger partial charge is 0.305 e. The lowest BCUT2D eigenvalue weighted by molar-refractivity contribution is -0.138. The maximum Gasteiger partial charge on any atom is 0.305 e. The molecule has 1 heterocycles. The number of carboxylic acid groups (broad SMARTS) is 1. The maximum absolute atomic E-state index is 12.6. The third-order valence-electron chi connectivity index (χ3n) is 4.41. The number of amides is 1. The molecule has 0 aliphatic heterocycles. The van der Waals surface area contributed by atoms with Gasteiger partial charge in [-0.2, -0.15) is 5.10 Å². The number of hydrogen-bond donors (Lipinski definition) is 3. The molecule has 1 aromatic heterocycles. The number of halogens is 1. The van der Waals surface area contributed by atoms with E-state index in [-0.39, 0.29) is 12.3 Å². The zero-order valence-corrected chi connectivity index (χ0v) is 14.6. The molecule has 0 radical (unpaired) electrons. The fourth-order valence-corrected chi connectivity index (χ4v) is 3.84. The van der Waals surface area contributed by atoms with Crippen molar-refractivity contribution in [2.75, 3.05) is 0 Å². The molecule has 2 aromatic rings. The summed E-state index contributed by atoms with van der Waals surface area (Å²) in [7, 11) is 0. The van der Waals surface area contributed by atoms with Crippen molar-refractivity contribution in [3.8, 4) is 11.3 Å². The predicted octanol–water partition coefficient (Wildman–Crippen LogP) is 3.36. The van der Waals surface area contributed by atoms with Gasteiger partial charge in [-0.25, -0.2) is 0 Å².